The van der Waals surface area contributed by atoms with E-state index in [0.717, 1.165) is 6.42 Å². The molecule has 0 aromatic carbocycles. The summed E-state index contributed by atoms with van der Waals surface area (Å²) in [5.41, 5.74) is 5.69. The fourth-order valence-electron chi connectivity index (χ4n) is 2.86. The van der Waals surface area contributed by atoms with Gasteiger partial charge in [0.2, 0.25) is 11.8 Å². The van der Waals surface area contributed by atoms with Gasteiger partial charge in [-0.15, -0.1) is 0 Å². The minimum Gasteiger partial charge on any atom is -0.376 e. The number of alkyl halides is 6. The molecule has 122 valence electrons. The highest BCUT2D eigenvalue weighted by Gasteiger charge is 2.62. The van der Waals surface area contributed by atoms with Crippen molar-refractivity contribution in [3.05, 3.63) is 0 Å². The van der Waals surface area contributed by atoms with Crippen LogP contribution >= 0.6 is 0 Å². The molecule has 1 amide bonds. The highest BCUT2D eigenvalue weighted by atomic mass is 19.4. The van der Waals surface area contributed by atoms with Crippen molar-refractivity contribution in [3.63, 3.8) is 0 Å². The molecule has 3 N–H and O–H groups in total. The Kier molecular flexibility index (Phi) is 4.13. The maximum Gasteiger partial charge on any atom is 0.409 e. The van der Waals surface area contributed by atoms with E-state index in [1.54, 1.807) is 5.32 Å². The summed E-state index contributed by atoms with van der Waals surface area (Å²) in [6.45, 7) is 0.349. The third-order valence-corrected chi connectivity index (χ3v) is 3.90. The Bertz CT molecular complexity index is 396. The van der Waals surface area contributed by atoms with Crippen molar-refractivity contribution in [3.8, 4) is 0 Å². The number of hydrogen-bond acceptors (Lipinski definition) is 3. The quantitative estimate of drug-likeness (QED) is 0.755. The SMILES string of the molecule is NC1C2CCCOC2C1NC(=O)C(C(F)(F)F)C(F)(F)F. The van der Waals surface area contributed by atoms with Gasteiger partial charge < -0.3 is 15.8 Å². The summed E-state index contributed by atoms with van der Waals surface area (Å²) >= 11 is 0. The normalized spacial score (nSPS) is 33.3. The van der Waals surface area contributed by atoms with Gasteiger partial charge in [0.25, 0.3) is 0 Å². The zero-order valence-electron chi connectivity index (χ0n) is 10.7. The Labute approximate surface area is 116 Å². The Morgan fingerprint density at radius 1 is 1.19 bits per heavy atom. The number of fused-ring (bicyclic) bond motifs is 1. The van der Waals surface area contributed by atoms with Crippen LogP contribution in [0.5, 0.6) is 0 Å². The number of nitrogens with two attached hydrogens (primary N) is 1. The molecule has 0 radical (unpaired) electrons. The van der Waals surface area contributed by atoms with Crippen LogP contribution < -0.4 is 11.1 Å². The van der Waals surface area contributed by atoms with Gasteiger partial charge in [-0.25, -0.2) is 0 Å². The first-order valence-corrected chi connectivity index (χ1v) is 6.34. The monoisotopic (exact) mass is 320 g/mol. The lowest BCUT2D eigenvalue weighted by molar-refractivity contribution is -0.275. The van der Waals surface area contributed by atoms with E-state index in [2.05, 4.69) is 0 Å². The van der Waals surface area contributed by atoms with Crippen LogP contribution in [0, 0.1) is 11.8 Å². The molecular formula is C11H14F6N2O2. The highest BCUT2D eigenvalue weighted by Crippen LogP contribution is 2.41. The topological polar surface area (TPSA) is 64.3 Å². The van der Waals surface area contributed by atoms with Crippen LogP contribution in [-0.2, 0) is 9.53 Å². The number of amides is 1. The second-order valence-electron chi connectivity index (χ2n) is 5.27. The van der Waals surface area contributed by atoms with Crippen molar-refractivity contribution in [1.82, 2.24) is 5.32 Å². The average Bonchev–Trinajstić information content (AvgIpc) is 2.32. The van der Waals surface area contributed by atoms with Crippen molar-refractivity contribution in [2.24, 2.45) is 17.6 Å². The van der Waals surface area contributed by atoms with Crippen LogP contribution in [0.2, 0.25) is 0 Å². The van der Waals surface area contributed by atoms with E-state index >= 15 is 0 Å². The molecule has 2 rings (SSSR count). The zero-order valence-corrected chi connectivity index (χ0v) is 10.7. The number of halogens is 6. The van der Waals surface area contributed by atoms with Crippen LogP contribution in [-0.4, -0.2) is 43.1 Å². The van der Waals surface area contributed by atoms with Crippen LogP contribution in [0.15, 0.2) is 0 Å². The molecule has 2 fully saturated rings. The summed E-state index contributed by atoms with van der Waals surface area (Å²) in [6, 6.07) is -1.71. The lowest BCUT2D eigenvalue weighted by Crippen LogP contribution is -2.73. The van der Waals surface area contributed by atoms with Crippen LogP contribution in [0.3, 0.4) is 0 Å². The fourth-order valence-corrected chi connectivity index (χ4v) is 2.86. The summed E-state index contributed by atoms with van der Waals surface area (Å²) in [4.78, 5) is 11.4. The van der Waals surface area contributed by atoms with Crippen molar-refractivity contribution >= 4 is 5.91 Å². The molecule has 4 atom stereocenters. The molecule has 0 aromatic heterocycles. The standard InChI is InChI=1S/C11H14F6N2O2/c12-10(13,14)8(11(15,16)17)9(20)19-6-5(18)4-2-1-3-21-7(4)6/h4-8H,1-3,18H2,(H,19,20). The van der Waals surface area contributed by atoms with Gasteiger partial charge in [-0.05, 0) is 12.8 Å². The van der Waals surface area contributed by atoms with Gasteiger partial charge in [-0.1, -0.05) is 0 Å². The van der Waals surface area contributed by atoms with Gasteiger partial charge in [0.15, 0.2) is 0 Å². The molecule has 1 saturated carbocycles. The largest absolute Gasteiger partial charge is 0.409 e. The number of hydrogen-bond donors (Lipinski definition) is 2. The molecule has 1 heterocycles. The maximum atomic E-state index is 12.4. The van der Waals surface area contributed by atoms with Crippen LogP contribution in [0.4, 0.5) is 26.3 Å². The Morgan fingerprint density at radius 2 is 1.76 bits per heavy atom. The van der Waals surface area contributed by atoms with E-state index in [9.17, 15) is 31.1 Å². The number of nitrogens with one attached hydrogen (secondary N) is 1. The number of rotatable bonds is 2. The molecule has 1 aliphatic carbocycles. The molecule has 21 heavy (non-hydrogen) atoms. The predicted molar refractivity (Wildman–Crippen MR) is 58.0 cm³/mol. The summed E-state index contributed by atoms with van der Waals surface area (Å²) in [6.07, 6.45) is -10.6. The molecule has 2 aliphatic rings. The lowest BCUT2D eigenvalue weighted by Gasteiger charge is -2.52. The van der Waals surface area contributed by atoms with E-state index in [-0.39, 0.29) is 5.92 Å². The van der Waals surface area contributed by atoms with E-state index in [0.29, 0.717) is 13.0 Å². The van der Waals surface area contributed by atoms with Gasteiger partial charge in [-0.2, -0.15) is 26.3 Å². The maximum absolute atomic E-state index is 12.4. The van der Waals surface area contributed by atoms with Gasteiger partial charge >= 0.3 is 12.4 Å². The van der Waals surface area contributed by atoms with E-state index in [4.69, 9.17) is 10.5 Å². The van der Waals surface area contributed by atoms with Crippen molar-refractivity contribution in [2.45, 2.75) is 43.4 Å². The molecule has 1 saturated heterocycles. The molecule has 10 heteroatoms. The third kappa shape index (κ3) is 3.10. The fraction of sp³-hybridized carbons (Fsp3) is 0.909. The van der Waals surface area contributed by atoms with Gasteiger partial charge in [0.1, 0.15) is 0 Å². The van der Waals surface area contributed by atoms with E-state index in [1.165, 1.54) is 0 Å². The molecule has 0 bridgehead atoms. The Hall–Kier alpha value is -1.03. The minimum atomic E-state index is -5.71. The zero-order chi connectivity index (χ0) is 16.0. The van der Waals surface area contributed by atoms with Crippen molar-refractivity contribution < 1.29 is 35.9 Å². The van der Waals surface area contributed by atoms with Gasteiger partial charge in [0, 0.05) is 18.6 Å². The van der Waals surface area contributed by atoms with Gasteiger partial charge in [0.05, 0.1) is 12.1 Å². The first-order valence-electron chi connectivity index (χ1n) is 6.34. The van der Waals surface area contributed by atoms with Crippen LogP contribution in [0.25, 0.3) is 0 Å². The second-order valence-corrected chi connectivity index (χ2v) is 5.27. The van der Waals surface area contributed by atoms with E-state index in [1.807, 2.05) is 0 Å². The number of carbonyl (C=O) groups excluding carboxylic acids is 1. The molecule has 4 nitrogen and oxygen atoms in total. The summed E-state index contributed by atoms with van der Waals surface area (Å²) in [5.74, 6) is -6.33. The summed E-state index contributed by atoms with van der Waals surface area (Å²) in [5, 5.41) is 1.75. The Balaban J connectivity index is 2.06. The smallest absolute Gasteiger partial charge is 0.376 e. The van der Waals surface area contributed by atoms with Crippen molar-refractivity contribution in [2.75, 3.05) is 6.61 Å². The van der Waals surface area contributed by atoms with E-state index < -0.39 is 42.4 Å². The van der Waals surface area contributed by atoms with Crippen LogP contribution in [0.1, 0.15) is 12.8 Å². The van der Waals surface area contributed by atoms with Gasteiger partial charge in [-0.3, -0.25) is 4.79 Å². The Morgan fingerprint density at radius 3 is 2.29 bits per heavy atom. The third-order valence-electron chi connectivity index (χ3n) is 3.90. The summed E-state index contributed by atoms with van der Waals surface area (Å²) < 4.78 is 79.8. The number of carbonyl (C=O) groups is 1. The minimum absolute atomic E-state index is 0.140. The summed E-state index contributed by atoms with van der Waals surface area (Å²) in [7, 11) is 0. The molecule has 0 spiro atoms. The van der Waals surface area contributed by atoms with Crippen molar-refractivity contribution in [1.29, 1.82) is 0 Å². The lowest BCUT2D eigenvalue weighted by atomic mass is 9.68. The first kappa shape index (κ1) is 16.3. The molecule has 0 aromatic rings. The molecule has 4 unspecified atom stereocenters. The average molecular weight is 320 g/mol. The first-order chi connectivity index (χ1) is 9.53. The second kappa shape index (κ2) is 5.31. The predicted octanol–water partition coefficient (Wildman–Crippen LogP) is 1.35. The highest BCUT2D eigenvalue weighted by molar-refractivity contribution is 5.81. The molecular weight excluding hydrogens is 306 g/mol. The number of ether oxygens (including phenoxy) is 1. The molecule has 1 aliphatic heterocycles.